The molecule has 1 aromatic carbocycles. The maximum Gasteiger partial charge on any atom is 0.245 e. The summed E-state index contributed by atoms with van der Waals surface area (Å²) in [5.41, 5.74) is 0.886. The van der Waals surface area contributed by atoms with Crippen molar-refractivity contribution in [1.82, 2.24) is 4.90 Å². The molecule has 1 fully saturated rings. The van der Waals surface area contributed by atoms with Crippen LogP contribution < -0.4 is 4.90 Å². The van der Waals surface area contributed by atoms with E-state index in [9.17, 15) is 4.79 Å². The molecule has 1 amide bonds. The summed E-state index contributed by atoms with van der Waals surface area (Å²) in [4.78, 5) is 16.3. The van der Waals surface area contributed by atoms with Gasteiger partial charge >= 0.3 is 0 Å². The molecule has 0 saturated carbocycles. The molecule has 1 aliphatic rings. The molecule has 1 aromatic rings. The SMILES string of the molecule is CC1CN(C)C(CC#N)C(=O)N1c1ccc(Br)cc1. The predicted molar refractivity (Wildman–Crippen MR) is 77.7 cm³/mol. The average Bonchev–Trinajstić information content (AvgIpc) is 2.36. The van der Waals surface area contributed by atoms with E-state index in [4.69, 9.17) is 5.26 Å². The Balaban J connectivity index is 2.30. The van der Waals surface area contributed by atoms with Crippen LogP contribution in [0.15, 0.2) is 28.7 Å². The Morgan fingerprint density at radius 3 is 2.63 bits per heavy atom. The highest BCUT2D eigenvalue weighted by atomic mass is 79.9. The zero-order chi connectivity index (χ0) is 14.0. The van der Waals surface area contributed by atoms with Crippen LogP contribution in [0.3, 0.4) is 0 Å². The van der Waals surface area contributed by atoms with Crippen LogP contribution in [0.4, 0.5) is 5.69 Å². The zero-order valence-electron chi connectivity index (χ0n) is 11.0. The van der Waals surface area contributed by atoms with E-state index in [0.29, 0.717) is 0 Å². The highest BCUT2D eigenvalue weighted by molar-refractivity contribution is 9.10. The summed E-state index contributed by atoms with van der Waals surface area (Å²) in [5.74, 6) is 0.00474. The number of carbonyl (C=O) groups excluding carboxylic acids is 1. The first-order valence-corrected chi connectivity index (χ1v) is 6.99. The summed E-state index contributed by atoms with van der Waals surface area (Å²) < 4.78 is 0.985. The van der Waals surface area contributed by atoms with Crippen LogP contribution >= 0.6 is 15.9 Å². The van der Waals surface area contributed by atoms with E-state index in [1.165, 1.54) is 0 Å². The quantitative estimate of drug-likeness (QED) is 0.840. The Labute approximate surface area is 121 Å². The summed E-state index contributed by atoms with van der Waals surface area (Å²) in [6.45, 7) is 2.80. The second-order valence-electron chi connectivity index (χ2n) is 4.85. The van der Waals surface area contributed by atoms with Crippen LogP contribution in [-0.4, -0.2) is 36.5 Å². The van der Waals surface area contributed by atoms with E-state index >= 15 is 0 Å². The first kappa shape index (κ1) is 14.0. The lowest BCUT2D eigenvalue weighted by molar-refractivity contribution is -0.126. The van der Waals surface area contributed by atoms with Gasteiger partial charge in [0.25, 0.3) is 0 Å². The smallest absolute Gasteiger partial charge is 0.245 e. The van der Waals surface area contributed by atoms with Crippen molar-refractivity contribution in [3.8, 4) is 6.07 Å². The summed E-state index contributed by atoms with van der Waals surface area (Å²) in [6.07, 6.45) is 0.231. The van der Waals surface area contributed by atoms with E-state index in [0.717, 1.165) is 16.7 Å². The van der Waals surface area contributed by atoms with Gasteiger partial charge in [0.1, 0.15) is 6.04 Å². The third-order valence-corrected chi connectivity index (χ3v) is 3.97. The lowest BCUT2D eigenvalue weighted by atomic mass is 10.0. The van der Waals surface area contributed by atoms with E-state index in [-0.39, 0.29) is 24.4 Å². The number of amides is 1. The molecule has 1 saturated heterocycles. The third kappa shape index (κ3) is 2.80. The molecule has 2 rings (SSSR count). The molecule has 0 aromatic heterocycles. The second-order valence-corrected chi connectivity index (χ2v) is 5.77. The van der Waals surface area contributed by atoms with Gasteiger partial charge in [0.15, 0.2) is 0 Å². The lowest BCUT2D eigenvalue weighted by Crippen LogP contribution is -2.59. The van der Waals surface area contributed by atoms with Crippen molar-refractivity contribution in [3.05, 3.63) is 28.7 Å². The summed E-state index contributed by atoms with van der Waals surface area (Å²) in [6, 6.07) is 9.55. The van der Waals surface area contributed by atoms with Crippen LogP contribution in [-0.2, 0) is 4.79 Å². The summed E-state index contributed by atoms with van der Waals surface area (Å²) in [7, 11) is 1.90. The molecule has 0 N–H and O–H groups in total. The molecule has 4 nitrogen and oxygen atoms in total. The normalized spacial score (nSPS) is 24.3. The standard InChI is InChI=1S/C14H16BrN3O/c1-10-9-17(2)13(7-8-16)14(19)18(10)12-5-3-11(15)4-6-12/h3-6,10,13H,7,9H2,1-2H3. The topological polar surface area (TPSA) is 47.3 Å². The minimum atomic E-state index is -0.343. The summed E-state index contributed by atoms with van der Waals surface area (Å²) in [5, 5.41) is 8.86. The molecule has 5 heteroatoms. The van der Waals surface area contributed by atoms with Gasteiger partial charge in [-0.1, -0.05) is 15.9 Å². The number of rotatable bonds is 2. The van der Waals surface area contributed by atoms with Crippen molar-refractivity contribution in [1.29, 1.82) is 5.26 Å². The third-order valence-electron chi connectivity index (χ3n) is 3.44. The van der Waals surface area contributed by atoms with Gasteiger partial charge in [-0.2, -0.15) is 5.26 Å². The molecule has 0 aliphatic carbocycles. The van der Waals surface area contributed by atoms with Crippen LogP contribution in [0, 0.1) is 11.3 Å². The van der Waals surface area contributed by atoms with Crippen molar-refractivity contribution in [2.24, 2.45) is 0 Å². The fourth-order valence-corrected chi connectivity index (χ4v) is 2.77. The number of halogens is 1. The Hall–Kier alpha value is -1.38. The van der Waals surface area contributed by atoms with Gasteiger partial charge in [-0.05, 0) is 38.2 Å². The maximum absolute atomic E-state index is 12.5. The average molecular weight is 322 g/mol. The van der Waals surface area contributed by atoms with Gasteiger partial charge < -0.3 is 4.90 Å². The van der Waals surface area contributed by atoms with Crippen molar-refractivity contribution in [2.45, 2.75) is 25.4 Å². The summed E-state index contributed by atoms with van der Waals surface area (Å²) >= 11 is 3.39. The van der Waals surface area contributed by atoms with Gasteiger partial charge in [0.2, 0.25) is 5.91 Å². The van der Waals surface area contributed by atoms with E-state index in [1.54, 1.807) is 4.90 Å². The van der Waals surface area contributed by atoms with Gasteiger partial charge in [-0.3, -0.25) is 9.69 Å². The molecule has 0 radical (unpaired) electrons. The van der Waals surface area contributed by atoms with E-state index in [2.05, 4.69) is 22.0 Å². The molecule has 1 aliphatic heterocycles. The molecule has 100 valence electrons. The van der Waals surface area contributed by atoms with Crippen molar-refractivity contribution >= 4 is 27.5 Å². The highest BCUT2D eigenvalue weighted by Crippen LogP contribution is 2.26. The molecular formula is C14H16BrN3O. The van der Waals surface area contributed by atoms with Gasteiger partial charge in [0, 0.05) is 22.7 Å². The zero-order valence-corrected chi connectivity index (χ0v) is 12.6. The van der Waals surface area contributed by atoms with E-state index < -0.39 is 0 Å². The fraction of sp³-hybridized carbons (Fsp3) is 0.429. The van der Waals surface area contributed by atoms with Crippen LogP contribution in [0.2, 0.25) is 0 Å². The number of carbonyl (C=O) groups is 1. The number of nitrogens with zero attached hydrogens (tertiary/aromatic N) is 3. The lowest BCUT2D eigenvalue weighted by Gasteiger charge is -2.42. The van der Waals surface area contributed by atoms with Crippen LogP contribution in [0.5, 0.6) is 0 Å². The molecule has 0 bridgehead atoms. The predicted octanol–water partition coefficient (Wildman–Crippen LogP) is 2.40. The molecule has 2 unspecified atom stereocenters. The van der Waals surface area contributed by atoms with Crippen LogP contribution in [0.25, 0.3) is 0 Å². The Kier molecular flexibility index (Phi) is 4.23. The van der Waals surface area contributed by atoms with Gasteiger partial charge in [0.05, 0.1) is 12.5 Å². The Morgan fingerprint density at radius 2 is 2.05 bits per heavy atom. The molecule has 19 heavy (non-hydrogen) atoms. The number of anilines is 1. The second kappa shape index (κ2) is 5.72. The molecule has 1 heterocycles. The van der Waals surface area contributed by atoms with Gasteiger partial charge in [-0.25, -0.2) is 0 Å². The molecular weight excluding hydrogens is 306 g/mol. The van der Waals surface area contributed by atoms with Crippen molar-refractivity contribution in [3.63, 3.8) is 0 Å². The number of benzene rings is 1. The number of hydrogen-bond acceptors (Lipinski definition) is 3. The number of hydrogen-bond donors (Lipinski definition) is 0. The Bertz CT molecular complexity index is 508. The fourth-order valence-electron chi connectivity index (χ4n) is 2.50. The monoisotopic (exact) mass is 321 g/mol. The first-order valence-electron chi connectivity index (χ1n) is 6.20. The van der Waals surface area contributed by atoms with E-state index in [1.807, 2.05) is 43.1 Å². The number of likely N-dealkylation sites (N-methyl/N-ethyl adjacent to an activating group) is 1. The van der Waals surface area contributed by atoms with Crippen molar-refractivity contribution in [2.75, 3.05) is 18.5 Å². The molecule has 0 spiro atoms. The highest BCUT2D eigenvalue weighted by Gasteiger charge is 2.37. The molecule has 2 atom stereocenters. The van der Waals surface area contributed by atoms with Crippen LogP contribution in [0.1, 0.15) is 13.3 Å². The van der Waals surface area contributed by atoms with Gasteiger partial charge in [-0.15, -0.1) is 0 Å². The largest absolute Gasteiger partial charge is 0.307 e. The van der Waals surface area contributed by atoms with Crippen molar-refractivity contribution < 1.29 is 4.79 Å². The Morgan fingerprint density at radius 1 is 1.42 bits per heavy atom. The maximum atomic E-state index is 12.5. The minimum Gasteiger partial charge on any atom is -0.307 e. The minimum absolute atomic E-state index is 0.00474. The number of piperazine rings is 1. The first-order chi connectivity index (χ1) is 9.04. The number of nitriles is 1.